The van der Waals surface area contributed by atoms with Crippen molar-refractivity contribution in [3.63, 3.8) is 0 Å². The van der Waals surface area contributed by atoms with E-state index in [4.69, 9.17) is 0 Å². The van der Waals surface area contributed by atoms with E-state index in [9.17, 15) is 4.79 Å². The van der Waals surface area contributed by atoms with Crippen molar-refractivity contribution in [2.75, 3.05) is 13.1 Å². The highest BCUT2D eigenvalue weighted by molar-refractivity contribution is 5.74. The smallest absolute Gasteiger partial charge is 0.317 e. The van der Waals surface area contributed by atoms with Crippen LogP contribution in [-0.2, 0) is 13.0 Å². The van der Waals surface area contributed by atoms with Crippen LogP contribution >= 0.6 is 0 Å². The Kier molecular flexibility index (Phi) is 2.89. The molecule has 15 heavy (non-hydrogen) atoms. The molecule has 82 valence electrons. The summed E-state index contributed by atoms with van der Waals surface area (Å²) >= 11 is 0. The topological polar surface area (TPSA) is 61.0 Å². The number of aromatic amines is 1. The predicted molar refractivity (Wildman–Crippen MR) is 56.4 cm³/mol. The van der Waals surface area contributed by atoms with Gasteiger partial charge in [0.05, 0.1) is 18.4 Å². The molecule has 1 aromatic rings. The Bertz CT molecular complexity index is 343. The van der Waals surface area contributed by atoms with Gasteiger partial charge in [-0.25, -0.2) is 4.79 Å². The van der Waals surface area contributed by atoms with E-state index < -0.39 is 0 Å². The van der Waals surface area contributed by atoms with E-state index in [1.807, 2.05) is 11.1 Å². The number of aryl methyl sites for hydroxylation is 1. The van der Waals surface area contributed by atoms with E-state index in [0.717, 1.165) is 31.6 Å². The van der Waals surface area contributed by atoms with Crippen LogP contribution in [0.1, 0.15) is 24.6 Å². The number of likely N-dealkylation sites (tertiary alicyclic amines) is 1. The first-order valence-electron chi connectivity index (χ1n) is 5.35. The molecule has 0 spiro atoms. The maximum absolute atomic E-state index is 11.5. The Hall–Kier alpha value is -1.52. The second-order valence-electron chi connectivity index (χ2n) is 3.73. The van der Waals surface area contributed by atoms with Gasteiger partial charge in [-0.05, 0) is 18.4 Å². The Morgan fingerprint density at radius 3 is 3.07 bits per heavy atom. The Morgan fingerprint density at radius 2 is 2.47 bits per heavy atom. The van der Waals surface area contributed by atoms with Crippen LogP contribution in [0.4, 0.5) is 4.79 Å². The van der Waals surface area contributed by atoms with Crippen molar-refractivity contribution in [2.24, 2.45) is 0 Å². The number of nitrogens with zero attached hydrogens (tertiary/aromatic N) is 2. The van der Waals surface area contributed by atoms with Gasteiger partial charge in [0.2, 0.25) is 0 Å². The van der Waals surface area contributed by atoms with Crippen molar-refractivity contribution in [3.8, 4) is 0 Å². The molecule has 5 nitrogen and oxygen atoms in total. The highest BCUT2D eigenvalue weighted by atomic mass is 16.2. The molecule has 1 aliphatic rings. The van der Waals surface area contributed by atoms with Crippen LogP contribution in [0, 0.1) is 0 Å². The van der Waals surface area contributed by atoms with Crippen molar-refractivity contribution in [3.05, 3.63) is 17.5 Å². The van der Waals surface area contributed by atoms with Gasteiger partial charge in [-0.3, -0.25) is 5.10 Å². The number of carbonyl (C=O) groups is 1. The zero-order valence-electron chi connectivity index (χ0n) is 8.92. The molecule has 1 saturated heterocycles. The SMILES string of the molecule is CCc1cn[nH]c1CNC(=O)N1CCC1. The van der Waals surface area contributed by atoms with Crippen LogP contribution in [0.25, 0.3) is 0 Å². The summed E-state index contributed by atoms with van der Waals surface area (Å²) in [5.41, 5.74) is 2.17. The molecule has 0 saturated carbocycles. The summed E-state index contributed by atoms with van der Waals surface area (Å²) in [7, 11) is 0. The van der Waals surface area contributed by atoms with Crippen LogP contribution in [0.3, 0.4) is 0 Å². The number of urea groups is 1. The number of hydrogen-bond donors (Lipinski definition) is 2. The maximum Gasteiger partial charge on any atom is 0.317 e. The fourth-order valence-electron chi connectivity index (χ4n) is 1.59. The summed E-state index contributed by atoms with van der Waals surface area (Å²) in [6, 6.07) is 0.0258. The monoisotopic (exact) mass is 208 g/mol. The van der Waals surface area contributed by atoms with E-state index in [0.29, 0.717) is 6.54 Å². The third-order valence-corrected chi connectivity index (χ3v) is 2.75. The molecule has 2 N–H and O–H groups in total. The highest BCUT2D eigenvalue weighted by Gasteiger charge is 2.19. The van der Waals surface area contributed by atoms with E-state index in [-0.39, 0.29) is 6.03 Å². The van der Waals surface area contributed by atoms with Gasteiger partial charge in [0.15, 0.2) is 0 Å². The molecule has 0 aromatic carbocycles. The highest BCUT2D eigenvalue weighted by Crippen LogP contribution is 2.07. The molecular formula is C10H16N4O. The number of carbonyl (C=O) groups excluding carboxylic acids is 1. The van der Waals surface area contributed by atoms with Crippen molar-refractivity contribution < 1.29 is 4.79 Å². The van der Waals surface area contributed by atoms with Crippen LogP contribution in [0.15, 0.2) is 6.20 Å². The first-order valence-corrected chi connectivity index (χ1v) is 5.35. The Balaban J connectivity index is 1.84. The maximum atomic E-state index is 11.5. The van der Waals surface area contributed by atoms with Crippen molar-refractivity contribution >= 4 is 6.03 Å². The molecule has 2 amide bonds. The van der Waals surface area contributed by atoms with Gasteiger partial charge in [-0.1, -0.05) is 6.92 Å². The standard InChI is InChI=1S/C10H16N4O/c1-2-8-6-12-13-9(8)7-11-10(15)14-4-3-5-14/h6H,2-5,7H2,1H3,(H,11,15)(H,12,13). The van der Waals surface area contributed by atoms with Gasteiger partial charge in [-0.2, -0.15) is 5.10 Å². The van der Waals surface area contributed by atoms with Crippen LogP contribution in [0.2, 0.25) is 0 Å². The zero-order chi connectivity index (χ0) is 10.7. The first-order chi connectivity index (χ1) is 7.31. The Labute approximate surface area is 88.8 Å². The van der Waals surface area contributed by atoms with Crippen LogP contribution < -0.4 is 5.32 Å². The molecule has 0 radical (unpaired) electrons. The zero-order valence-corrected chi connectivity index (χ0v) is 8.92. The average molecular weight is 208 g/mol. The fraction of sp³-hybridized carbons (Fsp3) is 0.600. The second kappa shape index (κ2) is 4.33. The molecule has 1 aliphatic heterocycles. The van der Waals surface area contributed by atoms with Gasteiger partial charge in [0, 0.05) is 13.1 Å². The molecular weight excluding hydrogens is 192 g/mol. The molecule has 5 heteroatoms. The average Bonchev–Trinajstić information content (AvgIpc) is 2.58. The van der Waals surface area contributed by atoms with E-state index in [1.54, 1.807) is 0 Å². The lowest BCUT2D eigenvalue weighted by Crippen LogP contribution is -2.47. The molecule has 1 fully saturated rings. The minimum absolute atomic E-state index is 0.0258. The first kappa shape index (κ1) is 10.0. The number of aromatic nitrogens is 2. The normalized spacial score (nSPS) is 14.9. The molecule has 1 aromatic heterocycles. The fourth-order valence-corrected chi connectivity index (χ4v) is 1.59. The summed E-state index contributed by atoms with van der Waals surface area (Å²) in [4.78, 5) is 13.3. The second-order valence-corrected chi connectivity index (χ2v) is 3.73. The number of amides is 2. The van der Waals surface area contributed by atoms with Gasteiger partial charge in [0.1, 0.15) is 0 Å². The summed E-state index contributed by atoms with van der Waals surface area (Å²) in [5, 5.41) is 9.74. The molecule has 0 unspecified atom stereocenters. The number of nitrogens with one attached hydrogen (secondary N) is 2. The lowest BCUT2D eigenvalue weighted by molar-refractivity contribution is 0.167. The molecule has 0 atom stereocenters. The minimum atomic E-state index is 0.0258. The summed E-state index contributed by atoms with van der Waals surface area (Å²) in [5.74, 6) is 0. The van der Waals surface area contributed by atoms with Crippen molar-refractivity contribution in [1.29, 1.82) is 0 Å². The number of H-pyrrole nitrogens is 1. The summed E-state index contributed by atoms with van der Waals surface area (Å²) < 4.78 is 0. The Morgan fingerprint density at radius 1 is 1.67 bits per heavy atom. The molecule has 0 bridgehead atoms. The molecule has 2 heterocycles. The molecule has 2 rings (SSSR count). The number of hydrogen-bond acceptors (Lipinski definition) is 2. The van der Waals surface area contributed by atoms with Gasteiger partial charge >= 0.3 is 6.03 Å². The van der Waals surface area contributed by atoms with Gasteiger partial charge in [0.25, 0.3) is 0 Å². The lowest BCUT2D eigenvalue weighted by atomic mass is 10.2. The van der Waals surface area contributed by atoms with E-state index in [1.165, 1.54) is 5.56 Å². The predicted octanol–water partition coefficient (Wildman–Crippen LogP) is 0.887. The van der Waals surface area contributed by atoms with E-state index in [2.05, 4.69) is 22.4 Å². The van der Waals surface area contributed by atoms with Crippen LogP contribution in [-0.4, -0.2) is 34.2 Å². The lowest BCUT2D eigenvalue weighted by Gasteiger charge is -2.30. The summed E-state index contributed by atoms with van der Waals surface area (Å²) in [6.45, 7) is 4.38. The molecule has 0 aliphatic carbocycles. The van der Waals surface area contributed by atoms with Crippen LogP contribution in [0.5, 0.6) is 0 Å². The van der Waals surface area contributed by atoms with Gasteiger partial charge in [-0.15, -0.1) is 0 Å². The third-order valence-electron chi connectivity index (χ3n) is 2.75. The van der Waals surface area contributed by atoms with E-state index >= 15 is 0 Å². The number of rotatable bonds is 3. The summed E-state index contributed by atoms with van der Waals surface area (Å²) in [6.07, 6.45) is 3.87. The van der Waals surface area contributed by atoms with Crippen molar-refractivity contribution in [2.45, 2.75) is 26.3 Å². The van der Waals surface area contributed by atoms with Gasteiger partial charge < -0.3 is 10.2 Å². The largest absolute Gasteiger partial charge is 0.332 e. The quantitative estimate of drug-likeness (QED) is 0.774. The minimum Gasteiger partial charge on any atom is -0.332 e. The van der Waals surface area contributed by atoms with Crippen molar-refractivity contribution in [1.82, 2.24) is 20.4 Å². The third kappa shape index (κ3) is 2.11.